The van der Waals surface area contributed by atoms with Crippen molar-refractivity contribution in [2.24, 2.45) is 0 Å². The van der Waals surface area contributed by atoms with Crippen LogP contribution in [0.3, 0.4) is 0 Å². The number of esters is 1. The maximum Gasteiger partial charge on any atom is 0.337 e. The minimum absolute atomic E-state index is 0.247. The van der Waals surface area contributed by atoms with Crippen LogP contribution in [0.25, 0.3) is 0 Å². The number of carbonyl (C=O) groups excluding carboxylic acids is 2. The number of thioether (sulfide) groups is 1. The molecule has 0 aromatic heterocycles. The fourth-order valence-electron chi connectivity index (χ4n) is 2.10. The number of carbonyl (C=O) groups is 2. The fraction of sp³-hybridized carbons (Fsp3) is 0.333. The topological polar surface area (TPSA) is 67.4 Å². The molecule has 0 bridgehead atoms. The number of halogens is 1. The molecule has 0 aliphatic carbocycles. The second kappa shape index (κ2) is 7.31. The fourth-order valence-corrected chi connectivity index (χ4v) is 3.01. The smallest absolute Gasteiger partial charge is 0.337 e. The van der Waals surface area contributed by atoms with Crippen LogP contribution in [0.1, 0.15) is 13.8 Å². The van der Waals surface area contributed by atoms with Crippen molar-refractivity contribution in [3.05, 3.63) is 41.4 Å². The van der Waals surface area contributed by atoms with Gasteiger partial charge >= 0.3 is 12.0 Å². The molecule has 118 valence electrons. The van der Waals surface area contributed by atoms with Crippen LogP contribution in [0, 0.1) is 5.82 Å². The minimum Gasteiger partial charge on any atom is -0.463 e. The van der Waals surface area contributed by atoms with Crippen LogP contribution >= 0.6 is 11.8 Å². The summed E-state index contributed by atoms with van der Waals surface area (Å²) in [7, 11) is 0. The van der Waals surface area contributed by atoms with Gasteiger partial charge in [0.25, 0.3) is 0 Å². The van der Waals surface area contributed by atoms with Gasteiger partial charge in [-0.3, -0.25) is 0 Å². The molecule has 1 heterocycles. The summed E-state index contributed by atoms with van der Waals surface area (Å²) in [5, 5.41) is 5.23. The third-order valence-corrected chi connectivity index (χ3v) is 4.15. The Morgan fingerprint density at radius 3 is 2.82 bits per heavy atom. The lowest BCUT2D eigenvalue weighted by molar-refractivity contribution is -0.138. The number of hydrogen-bond donors (Lipinski definition) is 2. The molecular formula is C15H17FN2O3S. The Labute approximate surface area is 132 Å². The summed E-state index contributed by atoms with van der Waals surface area (Å²) >= 11 is 1.21. The van der Waals surface area contributed by atoms with Crippen LogP contribution in [0.2, 0.25) is 0 Å². The van der Waals surface area contributed by atoms with E-state index in [0.29, 0.717) is 16.2 Å². The minimum atomic E-state index is -0.480. The lowest BCUT2D eigenvalue weighted by Crippen LogP contribution is -2.49. The largest absolute Gasteiger partial charge is 0.463 e. The standard InChI is InChI=1S/C15H17FN2O3S/c1-3-21-14(19)13-9(2)17-15(20)18-11(13)8-22-12-7-5-4-6-10(12)16/h4-7,9H,3,8H2,1-2H3,(H2,17,18,20)/t9-/m1/s1. The number of amides is 2. The van der Waals surface area contributed by atoms with Crippen LogP contribution < -0.4 is 10.6 Å². The van der Waals surface area contributed by atoms with E-state index in [9.17, 15) is 14.0 Å². The molecular weight excluding hydrogens is 307 g/mol. The molecule has 1 aliphatic rings. The van der Waals surface area contributed by atoms with Gasteiger partial charge in [0.1, 0.15) is 5.82 Å². The quantitative estimate of drug-likeness (QED) is 0.645. The highest BCUT2D eigenvalue weighted by atomic mass is 32.2. The molecule has 0 spiro atoms. The number of benzene rings is 1. The van der Waals surface area contributed by atoms with Crippen LogP contribution in [-0.2, 0) is 9.53 Å². The molecule has 1 aromatic rings. The molecule has 0 radical (unpaired) electrons. The first-order valence-electron chi connectivity index (χ1n) is 6.88. The van der Waals surface area contributed by atoms with Gasteiger partial charge < -0.3 is 15.4 Å². The summed E-state index contributed by atoms with van der Waals surface area (Å²) in [6, 6.07) is 5.52. The zero-order valence-electron chi connectivity index (χ0n) is 12.3. The lowest BCUT2D eigenvalue weighted by Gasteiger charge is -2.26. The maximum atomic E-state index is 13.6. The average molecular weight is 324 g/mol. The van der Waals surface area contributed by atoms with Crippen LogP contribution in [0.4, 0.5) is 9.18 Å². The van der Waals surface area contributed by atoms with E-state index in [2.05, 4.69) is 10.6 Å². The SMILES string of the molecule is CCOC(=O)C1=C(CSc2ccccc2F)NC(=O)N[C@@H]1C. The highest BCUT2D eigenvalue weighted by molar-refractivity contribution is 7.99. The predicted molar refractivity (Wildman–Crippen MR) is 81.9 cm³/mol. The summed E-state index contributed by atoms with van der Waals surface area (Å²) in [5.74, 6) is -0.543. The Kier molecular flexibility index (Phi) is 5.43. The molecule has 2 amide bonds. The van der Waals surface area contributed by atoms with E-state index in [-0.39, 0.29) is 24.2 Å². The molecule has 0 saturated heterocycles. The Morgan fingerprint density at radius 1 is 1.41 bits per heavy atom. The van der Waals surface area contributed by atoms with E-state index < -0.39 is 12.0 Å². The Morgan fingerprint density at radius 2 is 2.14 bits per heavy atom. The van der Waals surface area contributed by atoms with Gasteiger partial charge in [-0.15, -0.1) is 11.8 Å². The zero-order valence-corrected chi connectivity index (χ0v) is 13.1. The normalized spacial score (nSPS) is 17.8. The van der Waals surface area contributed by atoms with E-state index in [1.165, 1.54) is 17.8 Å². The number of ether oxygens (including phenoxy) is 1. The molecule has 1 atom stereocenters. The van der Waals surface area contributed by atoms with E-state index in [1.54, 1.807) is 32.0 Å². The third-order valence-electron chi connectivity index (χ3n) is 3.07. The first-order valence-corrected chi connectivity index (χ1v) is 7.86. The van der Waals surface area contributed by atoms with Crippen LogP contribution in [0.15, 0.2) is 40.4 Å². The molecule has 0 saturated carbocycles. The maximum absolute atomic E-state index is 13.6. The number of rotatable bonds is 5. The van der Waals surface area contributed by atoms with Crippen LogP contribution in [-0.4, -0.2) is 30.4 Å². The van der Waals surface area contributed by atoms with Gasteiger partial charge in [0.15, 0.2) is 0 Å². The van der Waals surface area contributed by atoms with Gasteiger partial charge in [-0.1, -0.05) is 12.1 Å². The zero-order chi connectivity index (χ0) is 16.1. The Hall–Kier alpha value is -2.02. The molecule has 22 heavy (non-hydrogen) atoms. The molecule has 5 nitrogen and oxygen atoms in total. The second-order valence-corrected chi connectivity index (χ2v) is 5.67. The van der Waals surface area contributed by atoms with Gasteiger partial charge in [-0.25, -0.2) is 14.0 Å². The third kappa shape index (κ3) is 3.79. The van der Waals surface area contributed by atoms with Gasteiger partial charge in [-0.05, 0) is 26.0 Å². The molecule has 0 unspecified atom stereocenters. The van der Waals surface area contributed by atoms with Crippen LogP contribution in [0.5, 0.6) is 0 Å². The van der Waals surface area contributed by atoms with Crippen molar-refractivity contribution in [1.29, 1.82) is 0 Å². The highest BCUT2D eigenvalue weighted by Gasteiger charge is 2.29. The number of nitrogens with one attached hydrogen (secondary N) is 2. The lowest BCUT2D eigenvalue weighted by atomic mass is 10.1. The van der Waals surface area contributed by atoms with Gasteiger partial charge in [0, 0.05) is 16.3 Å². The summed E-state index contributed by atoms with van der Waals surface area (Å²) < 4.78 is 18.7. The van der Waals surface area contributed by atoms with E-state index in [1.807, 2.05) is 0 Å². The second-order valence-electron chi connectivity index (χ2n) is 4.65. The van der Waals surface area contributed by atoms with Crippen molar-refractivity contribution in [2.45, 2.75) is 24.8 Å². The highest BCUT2D eigenvalue weighted by Crippen LogP contribution is 2.25. The van der Waals surface area contributed by atoms with Gasteiger partial charge in [-0.2, -0.15) is 0 Å². The average Bonchev–Trinajstić information content (AvgIpc) is 2.46. The molecule has 1 aliphatic heterocycles. The van der Waals surface area contributed by atoms with Crippen molar-refractivity contribution < 1.29 is 18.7 Å². The summed E-state index contributed by atoms with van der Waals surface area (Å²) in [4.78, 5) is 24.1. The molecule has 1 aromatic carbocycles. The molecule has 7 heteroatoms. The van der Waals surface area contributed by atoms with Crippen molar-refractivity contribution in [2.75, 3.05) is 12.4 Å². The summed E-state index contributed by atoms with van der Waals surface area (Å²) in [6.07, 6.45) is 0. The summed E-state index contributed by atoms with van der Waals surface area (Å²) in [6.45, 7) is 3.67. The number of urea groups is 1. The van der Waals surface area contributed by atoms with E-state index in [4.69, 9.17) is 4.74 Å². The van der Waals surface area contributed by atoms with E-state index >= 15 is 0 Å². The molecule has 2 rings (SSSR count). The first-order chi connectivity index (χ1) is 10.5. The van der Waals surface area contributed by atoms with Crippen molar-refractivity contribution in [3.63, 3.8) is 0 Å². The van der Waals surface area contributed by atoms with Crippen molar-refractivity contribution in [1.82, 2.24) is 10.6 Å². The van der Waals surface area contributed by atoms with Crippen molar-refractivity contribution >= 4 is 23.8 Å². The molecule has 0 fully saturated rings. The predicted octanol–water partition coefficient (Wildman–Crippen LogP) is 2.44. The van der Waals surface area contributed by atoms with Gasteiger partial charge in [0.2, 0.25) is 0 Å². The van der Waals surface area contributed by atoms with Gasteiger partial charge in [0.05, 0.1) is 18.2 Å². The first kappa shape index (κ1) is 16.4. The monoisotopic (exact) mass is 324 g/mol. The molecule has 2 N–H and O–H groups in total. The Bertz CT molecular complexity index is 619. The number of hydrogen-bond acceptors (Lipinski definition) is 4. The Balaban J connectivity index is 2.22. The van der Waals surface area contributed by atoms with Crippen molar-refractivity contribution in [3.8, 4) is 0 Å². The summed E-state index contributed by atoms with van der Waals surface area (Å²) in [5.41, 5.74) is 0.813. The van der Waals surface area contributed by atoms with E-state index in [0.717, 1.165) is 0 Å².